The lowest BCUT2D eigenvalue weighted by atomic mass is 9.93. The van der Waals surface area contributed by atoms with Gasteiger partial charge in [0.1, 0.15) is 5.82 Å². The van der Waals surface area contributed by atoms with Crippen LogP contribution in [0.25, 0.3) is 22.4 Å². The van der Waals surface area contributed by atoms with E-state index in [1.807, 2.05) is 36.7 Å². The van der Waals surface area contributed by atoms with Crippen LogP contribution in [0.5, 0.6) is 0 Å². The number of piperidine rings is 1. The average Bonchev–Trinajstić information content (AvgIpc) is 3.01. The average molecular weight is 349 g/mol. The largest absolute Gasteiger partial charge is 0.347 e. The minimum absolute atomic E-state index is 0.205. The summed E-state index contributed by atoms with van der Waals surface area (Å²) in [5.74, 6) is 0.356. The molecule has 1 saturated heterocycles. The second-order valence-corrected chi connectivity index (χ2v) is 7.21. The van der Waals surface area contributed by atoms with Crippen LogP contribution in [0.2, 0.25) is 0 Å². The SMILES string of the molecule is CN1CCC(c2cc(-c3ccncc3)c(-c3ccc(F)cc3)n2C)CC1. The van der Waals surface area contributed by atoms with Gasteiger partial charge in [-0.25, -0.2) is 4.39 Å². The van der Waals surface area contributed by atoms with Gasteiger partial charge in [-0.15, -0.1) is 0 Å². The van der Waals surface area contributed by atoms with Crippen LogP contribution >= 0.6 is 0 Å². The molecule has 134 valence electrons. The number of nitrogens with zero attached hydrogens (tertiary/aromatic N) is 3. The minimum atomic E-state index is -0.205. The Kier molecular flexibility index (Phi) is 4.60. The quantitative estimate of drug-likeness (QED) is 0.683. The summed E-state index contributed by atoms with van der Waals surface area (Å²) >= 11 is 0. The van der Waals surface area contributed by atoms with E-state index in [9.17, 15) is 4.39 Å². The highest BCUT2D eigenvalue weighted by atomic mass is 19.1. The predicted octanol–water partition coefficient (Wildman–Crippen LogP) is 4.70. The molecule has 3 nitrogen and oxygen atoms in total. The number of pyridine rings is 1. The Hall–Kier alpha value is -2.46. The van der Waals surface area contributed by atoms with Gasteiger partial charge < -0.3 is 9.47 Å². The van der Waals surface area contributed by atoms with Crippen LogP contribution in [0.15, 0.2) is 54.9 Å². The molecule has 0 N–H and O–H groups in total. The normalized spacial score (nSPS) is 16.1. The third-order valence-electron chi connectivity index (χ3n) is 5.52. The number of likely N-dealkylation sites (tertiary alicyclic amines) is 1. The van der Waals surface area contributed by atoms with Crippen molar-refractivity contribution in [2.24, 2.45) is 7.05 Å². The van der Waals surface area contributed by atoms with E-state index in [2.05, 4.69) is 34.6 Å². The van der Waals surface area contributed by atoms with Gasteiger partial charge in [-0.3, -0.25) is 4.98 Å². The second-order valence-electron chi connectivity index (χ2n) is 7.21. The van der Waals surface area contributed by atoms with Gasteiger partial charge in [0.2, 0.25) is 0 Å². The van der Waals surface area contributed by atoms with E-state index >= 15 is 0 Å². The summed E-state index contributed by atoms with van der Waals surface area (Å²) in [7, 11) is 4.32. The fraction of sp³-hybridized carbons (Fsp3) is 0.318. The molecule has 1 fully saturated rings. The van der Waals surface area contributed by atoms with E-state index < -0.39 is 0 Å². The lowest BCUT2D eigenvalue weighted by Crippen LogP contribution is -2.29. The van der Waals surface area contributed by atoms with Crippen LogP contribution in [0.3, 0.4) is 0 Å². The molecule has 0 bridgehead atoms. The molecule has 2 aromatic heterocycles. The van der Waals surface area contributed by atoms with E-state index in [1.165, 1.54) is 36.2 Å². The fourth-order valence-corrected chi connectivity index (χ4v) is 4.03. The maximum Gasteiger partial charge on any atom is 0.123 e. The summed E-state index contributed by atoms with van der Waals surface area (Å²) in [6, 6.07) is 13.2. The number of hydrogen-bond donors (Lipinski definition) is 0. The Balaban J connectivity index is 1.84. The lowest BCUT2D eigenvalue weighted by molar-refractivity contribution is 0.252. The maximum absolute atomic E-state index is 13.4. The van der Waals surface area contributed by atoms with Crippen molar-refractivity contribution >= 4 is 0 Å². The molecule has 0 aliphatic carbocycles. The summed E-state index contributed by atoms with van der Waals surface area (Å²) in [6.45, 7) is 2.26. The van der Waals surface area contributed by atoms with Gasteiger partial charge >= 0.3 is 0 Å². The van der Waals surface area contributed by atoms with Crippen LogP contribution < -0.4 is 0 Å². The molecular weight excluding hydrogens is 325 g/mol. The van der Waals surface area contributed by atoms with Gasteiger partial charge in [0, 0.05) is 36.6 Å². The van der Waals surface area contributed by atoms with Crippen molar-refractivity contribution in [1.29, 1.82) is 0 Å². The smallest absolute Gasteiger partial charge is 0.123 e. The molecule has 0 unspecified atom stereocenters. The van der Waals surface area contributed by atoms with Gasteiger partial charge in [-0.1, -0.05) is 0 Å². The van der Waals surface area contributed by atoms with E-state index in [-0.39, 0.29) is 5.82 Å². The maximum atomic E-state index is 13.4. The lowest BCUT2D eigenvalue weighted by Gasteiger charge is -2.29. The third kappa shape index (κ3) is 3.17. The summed E-state index contributed by atoms with van der Waals surface area (Å²) < 4.78 is 15.7. The second kappa shape index (κ2) is 7.04. The molecule has 26 heavy (non-hydrogen) atoms. The van der Waals surface area contributed by atoms with E-state index in [1.54, 1.807) is 0 Å². The Bertz CT molecular complexity index is 876. The van der Waals surface area contributed by atoms with Crippen LogP contribution in [-0.4, -0.2) is 34.6 Å². The minimum Gasteiger partial charge on any atom is -0.347 e. The van der Waals surface area contributed by atoms with Crippen molar-refractivity contribution in [1.82, 2.24) is 14.5 Å². The summed E-state index contributed by atoms with van der Waals surface area (Å²) in [5.41, 5.74) is 5.89. The fourth-order valence-electron chi connectivity index (χ4n) is 4.03. The van der Waals surface area contributed by atoms with Crippen molar-refractivity contribution < 1.29 is 4.39 Å². The molecule has 3 heterocycles. The number of benzene rings is 1. The van der Waals surface area contributed by atoms with E-state index in [0.29, 0.717) is 5.92 Å². The monoisotopic (exact) mass is 349 g/mol. The Morgan fingerprint density at radius 3 is 2.23 bits per heavy atom. The van der Waals surface area contributed by atoms with Crippen LogP contribution in [0.4, 0.5) is 4.39 Å². The zero-order valence-electron chi connectivity index (χ0n) is 15.3. The van der Waals surface area contributed by atoms with Crippen molar-refractivity contribution in [3.63, 3.8) is 0 Å². The van der Waals surface area contributed by atoms with Gasteiger partial charge in [-0.05, 0) is 86.6 Å². The molecule has 1 aliphatic heterocycles. The summed E-state index contributed by atoms with van der Waals surface area (Å²) in [5, 5.41) is 0. The molecule has 0 radical (unpaired) electrons. The molecule has 4 heteroatoms. The van der Waals surface area contributed by atoms with Crippen LogP contribution in [0, 0.1) is 5.82 Å². The molecule has 4 rings (SSSR count). The molecule has 0 saturated carbocycles. The molecular formula is C22H24FN3. The van der Waals surface area contributed by atoms with E-state index in [4.69, 9.17) is 0 Å². The number of rotatable bonds is 3. The number of aromatic nitrogens is 2. The molecule has 3 aromatic rings. The highest BCUT2D eigenvalue weighted by Crippen LogP contribution is 2.39. The highest BCUT2D eigenvalue weighted by Gasteiger charge is 2.24. The molecule has 0 spiro atoms. The van der Waals surface area contributed by atoms with Gasteiger partial charge in [-0.2, -0.15) is 0 Å². The van der Waals surface area contributed by atoms with Crippen molar-refractivity contribution in [2.45, 2.75) is 18.8 Å². The zero-order valence-corrected chi connectivity index (χ0v) is 15.3. The van der Waals surface area contributed by atoms with E-state index in [0.717, 1.165) is 29.9 Å². The topological polar surface area (TPSA) is 21.1 Å². The number of hydrogen-bond acceptors (Lipinski definition) is 2. The molecule has 1 aromatic carbocycles. The third-order valence-corrected chi connectivity index (χ3v) is 5.52. The molecule has 0 amide bonds. The summed E-state index contributed by atoms with van der Waals surface area (Å²) in [6.07, 6.45) is 6.00. The first-order chi connectivity index (χ1) is 12.6. The summed E-state index contributed by atoms with van der Waals surface area (Å²) in [4.78, 5) is 6.54. The van der Waals surface area contributed by atoms with Crippen molar-refractivity contribution in [3.05, 3.63) is 66.4 Å². The van der Waals surface area contributed by atoms with Crippen LogP contribution in [-0.2, 0) is 7.05 Å². The Labute approximate surface area is 154 Å². The predicted molar refractivity (Wildman–Crippen MR) is 104 cm³/mol. The first-order valence-corrected chi connectivity index (χ1v) is 9.18. The zero-order chi connectivity index (χ0) is 18.1. The Morgan fingerprint density at radius 1 is 0.923 bits per heavy atom. The first-order valence-electron chi connectivity index (χ1n) is 9.18. The molecule has 1 aliphatic rings. The van der Waals surface area contributed by atoms with Gasteiger partial charge in [0.25, 0.3) is 0 Å². The van der Waals surface area contributed by atoms with Crippen LogP contribution in [0.1, 0.15) is 24.5 Å². The highest BCUT2D eigenvalue weighted by molar-refractivity contribution is 5.82. The van der Waals surface area contributed by atoms with Crippen molar-refractivity contribution in [2.75, 3.05) is 20.1 Å². The standard InChI is InChI=1S/C22H24FN3/c1-25-13-9-17(10-14-25)21-15-20(16-7-11-24-12-8-16)22(26(21)2)18-3-5-19(23)6-4-18/h3-8,11-12,15,17H,9-10,13-14H2,1-2H3. The van der Waals surface area contributed by atoms with Gasteiger partial charge in [0.05, 0.1) is 5.69 Å². The first kappa shape index (κ1) is 17.0. The van der Waals surface area contributed by atoms with Gasteiger partial charge in [0.15, 0.2) is 0 Å². The number of halogens is 1. The molecule has 0 atom stereocenters. The Morgan fingerprint density at radius 2 is 1.58 bits per heavy atom. The van der Waals surface area contributed by atoms with Crippen molar-refractivity contribution in [3.8, 4) is 22.4 Å².